The molecule has 104 valence electrons. The zero-order chi connectivity index (χ0) is 14.4. The highest BCUT2D eigenvalue weighted by molar-refractivity contribution is 5.97. The standard InChI is InChI=1S/C15H20O4/c1-10(2)13(16)8-12-7-11(14(17)9-18-3)5-6-15(12)19-4/h5-7,13,16H,1,8-9H2,2-4H3/t13-/m1/s1. The van der Waals surface area contributed by atoms with Crippen LogP contribution in [0.25, 0.3) is 0 Å². The molecule has 0 saturated carbocycles. The van der Waals surface area contributed by atoms with E-state index >= 15 is 0 Å². The van der Waals surface area contributed by atoms with Gasteiger partial charge in [0, 0.05) is 19.1 Å². The Hall–Kier alpha value is -1.65. The van der Waals surface area contributed by atoms with E-state index in [0.717, 1.165) is 5.56 Å². The van der Waals surface area contributed by atoms with Crippen LogP contribution in [0.15, 0.2) is 30.4 Å². The quantitative estimate of drug-likeness (QED) is 0.604. The van der Waals surface area contributed by atoms with Gasteiger partial charge in [0.1, 0.15) is 12.4 Å². The van der Waals surface area contributed by atoms with E-state index in [-0.39, 0.29) is 12.4 Å². The smallest absolute Gasteiger partial charge is 0.188 e. The Morgan fingerprint density at radius 2 is 2.11 bits per heavy atom. The van der Waals surface area contributed by atoms with Crippen molar-refractivity contribution < 1.29 is 19.4 Å². The molecule has 0 heterocycles. The first-order valence-corrected chi connectivity index (χ1v) is 6.02. The lowest BCUT2D eigenvalue weighted by Gasteiger charge is -2.14. The van der Waals surface area contributed by atoms with Gasteiger partial charge >= 0.3 is 0 Å². The van der Waals surface area contributed by atoms with Crippen LogP contribution in [-0.2, 0) is 11.2 Å². The Labute approximate surface area is 113 Å². The number of ketones is 1. The van der Waals surface area contributed by atoms with Crippen LogP contribution < -0.4 is 4.74 Å². The number of ether oxygens (including phenoxy) is 2. The van der Waals surface area contributed by atoms with Crippen LogP contribution >= 0.6 is 0 Å². The van der Waals surface area contributed by atoms with Crippen molar-refractivity contribution in [2.75, 3.05) is 20.8 Å². The molecule has 0 aromatic heterocycles. The first-order valence-electron chi connectivity index (χ1n) is 6.02. The highest BCUT2D eigenvalue weighted by Gasteiger charge is 2.14. The third-order valence-electron chi connectivity index (χ3n) is 2.86. The average Bonchev–Trinajstić information content (AvgIpc) is 2.38. The van der Waals surface area contributed by atoms with Gasteiger partial charge in [0.25, 0.3) is 0 Å². The molecule has 0 amide bonds. The summed E-state index contributed by atoms with van der Waals surface area (Å²) in [5.41, 5.74) is 2.00. The van der Waals surface area contributed by atoms with Crippen molar-refractivity contribution in [3.63, 3.8) is 0 Å². The van der Waals surface area contributed by atoms with Crippen molar-refractivity contribution in [2.45, 2.75) is 19.4 Å². The number of aliphatic hydroxyl groups excluding tert-OH is 1. The summed E-state index contributed by atoms with van der Waals surface area (Å²) in [5, 5.41) is 9.87. The summed E-state index contributed by atoms with van der Waals surface area (Å²) in [7, 11) is 3.04. The van der Waals surface area contributed by atoms with Gasteiger partial charge in [0.2, 0.25) is 0 Å². The molecule has 1 atom stereocenters. The van der Waals surface area contributed by atoms with E-state index in [1.54, 1.807) is 32.2 Å². The van der Waals surface area contributed by atoms with Crippen LogP contribution in [0, 0.1) is 0 Å². The first kappa shape index (κ1) is 15.4. The number of hydrogen-bond acceptors (Lipinski definition) is 4. The molecular formula is C15H20O4. The zero-order valence-corrected chi connectivity index (χ0v) is 11.6. The zero-order valence-electron chi connectivity index (χ0n) is 11.6. The van der Waals surface area contributed by atoms with E-state index in [1.807, 2.05) is 0 Å². The third-order valence-corrected chi connectivity index (χ3v) is 2.86. The summed E-state index contributed by atoms with van der Waals surface area (Å²) < 4.78 is 10.1. The van der Waals surface area contributed by atoms with E-state index in [0.29, 0.717) is 23.3 Å². The van der Waals surface area contributed by atoms with Crippen LogP contribution in [0.2, 0.25) is 0 Å². The molecule has 1 aromatic carbocycles. The number of carbonyl (C=O) groups is 1. The lowest BCUT2D eigenvalue weighted by atomic mass is 9.99. The molecule has 0 fully saturated rings. The minimum absolute atomic E-state index is 0.0365. The number of hydrogen-bond donors (Lipinski definition) is 1. The molecule has 1 rings (SSSR count). The van der Waals surface area contributed by atoms with Crippen molar-refractivity contribution in [1.82, 2.24) is 0 Å². The van der Waals surface area contributed by atoms with Gasteiger partial charge in [-0.1, -0.05) is 12.2 Å². The number of carbonyl (C=O) groups excluding carboxylic acids is 1. The van der Waals surface area contributed by atoms with Gasteiger partial charge in [-0.25, -0.2) is 0 Å². The number of aliphatic hydroxyl groups is 1. The summed E-state index contributed by atoms with van der Waals surface area (Å²) in [4.78, 5) is 11.8. The maximum absolute atomic E-state index is 11.8. The Kier molecular flexibility index (Phi) is 5.73. The molecule has 0 bridgehead atoms. The topological polar surface area (TPSA) is 55.8 Å². The summed E-state index contributed by atoms with van der Waals surface area (Å²) >= 11 is 0. The Balaban J connectivity index is 3.02. The van der Waals surface area contributed by atoms with E-state index < -0.39 is 6.10 Å². The van der Waals surface area contributed by atoms with Crippen molar-refractivity contribution in [1.29, 1.82) is 0 Å². The highest BCUT2D eigenvalue weighted by Crippen LogP contribution is 2.23. The van der Waals surface area contributed by atoms with Crippen molar-refractivity contribution in [2.24, 2.45) is 0 Å². The minimum atomic E-state index is -0.651. The van der Waals surface area contributed by atoms with E-state index in [4.69, 9.17) is 9.47 Å². The third kappa shape index (κ3) is 4.19. The van der Waals surface area contributed by atoms with Crippen molar-refractivity contribution in [3.05, 3.63) is 41.5 Å². The molecule has 1 aromatic rings. The predicted molar refractivity (Wildman–Crippen MR) is 73.7 cm³/mol. The molecule has 0 unspecified atom stereocenters. The van der Waals surface area contributed by atoms with Gasteiger partial charge in [0.15, 0.2) is 5.78 Å². The number of Topliss-reactive ketones (excluding diaryl/α,β-unsaturated/α-hetero) is 1. The fourth-order valence-corrected chi connectivity index (χ4v) is 1.71. The van der Waals surface area contributed by atoms with Gasteiger partial charge in [-0.3, -0.25) is 4.79 Å². The molecule has 0 aliphatic heterocycles. The number of benzene rings is 1. The summed E-state index contributed by atoms with van der Waals surface area (Å²) in [6, 6.07) is 5.15. The van der Waals surface area contributed by atoms with Crippen LogP contribution in [0.1, 0.15) is 22.8 Å². The molecule has 0 aliphatic rings. The lowest BCUT2D eigenvalue weighted by molar-refractivity contribution is 0.0847. The average molecular weight is 264 g/mol. The van der Waals surface area contributed by atoms with Gasteiger partial charge in [-0.05, 0) is 30.7 Å². The van der Waals surface area contributed by atoms with Crippen molar-refractivity contribution >= 4 is 5.78 Å². The van der Waals surface area contributed by atoms with Gasteiger partial charge in [0.05, 0.1) is 13.2 Å². The monoisotopic (exact) mass is 264 g/mol. The van der Waals surface area contributed by atoms with Crippen LogP contribution in [0.3, 0.4) is 0 Å². The molecular weight excluding hydrogens is 244 g/mol. The van der Waals surface area contributed by atoms with Crippen LogP contribution in [0.4, 0.5) is 0 Å². The summed E-state index contributed by atoms with van der Waals surface area (Å²) in [6.45, 7) is 5.51. The maximum Gasteiger partial charge on any atom is 0.188 e. The van der Waals surface area contributed by atoms with Gasteiger partial charge < -0.3 is 14.6 Å². The van der Waals surface area contributed by atoms with Gasteiger partial charge in [-0.15, -0.1) is 0 Å². The number of methoxy groups -OCH3 is 2. The number of rotatable bonds is 7. The molecule has 19 heavy (non-hydrogen) atoms. The SMILES string of the molecule is C=C(C)[C@H](O)Cc1cc(C(=O)COC)ccc1OC. The highest BCUT2D eigenvalue weighted by atomic mass is 16.5. The maximum atomic E-state index is 11.8. The second-order valence-electron chi connectivity index (χ2n) is 4.45. The first-order chi connectivity index (χ1) is 8.99. The summed E-state index contributed by atoms with van der Waals surface area (Å²) in [5.74, 6) is 0.547. The Morgan fingerprint density at radius 3 is 2.63 bits per heavy atom. The van der Waals surface area contributed by atoms with E-state index in [9.17, 15) is 9.90 Å². The molecule has 0 aliphatic carbocycles. The molecule has 4 nitrogen and oxygen atoms in total. The largest absolute Gasteiger partial charge is 0.496 e. The minimum Gasteiger partial charge on any atom is -0.496 e. The second kappa shape index (κ2) is 7.07. The fourth-order valence-electron chi connectivity index (χ4n) is 1.71. The lowest BCUT2D eigenvalue weighted by Crippen LogP contribution is -2.13. The molecule has 0 spiro atoms. The van der Waals surface area contributed by atoms with E-state index in [2.05, 4.69) is 6.58 Å². The van der Waals surface area contributed by atoms with Gasteiger partial charge in [-0.2, -0.15) is 0 Å². The van der Waals surface area contributed by atoms with E-state index in [1.165, 1.54) is 7.11 Å². The fraction of sp³-hybridized carbons (Fsp3) is 0.400. The predicted octanol–water partition coefficient (Wildman–Crippen LogP) is 2.00. The molecule has 0 saturated heterocycles. The summed E-state index contributed by atoms with van der Waals surface area (Å²) in [6.07, 6.45) is -0.284. The Morgan fingerprint density at radius 1 is 1.42 bits per heavy atom. The molecule has 0 radical (unpaired) electrons. The molecule has 4 heteroatoms. The molecule has 1 N–H and O–H groups in total. The van der Waals surface area contributed by atoms with Crippen LogP contribution in [-0.4, -0.2) is 37.8 Å². The second-order valence-corrected chi connectivity index (χ2v) is 4.45. The van der Waals surface area contributed by atoms with Crippen molar-refractivity contribution in [3.8, 4) is 5.75 Å². The van der Waals surface area contributed by atoms with Crippen LogP contribution in [0.5, 0.6) is 5.75 Å². The normalized spacial score (nSPS) is 12.0. The Bertz CT molecular complexity index is 465.